The second-order valence-electron chi connectivity index (χ2n) is 5.69. The molecule has 0 heterocycles. The molecule has 0 spiro atoms. The van der Waals surface area contributed by atoms with Gasteiger partial charge < -0.3 is 10.2 Å². The Kier molecular flexibility index (Phi) is 8.29. The van der Waals surface area contributed by atoms with Gasteiger partial charge >= 0.3 is 0 Å². The molecule has 136 valence electrons. The Labute approximate surface area is 153 Å². The SMILES string of the molecule is CN(C)CCCNC(=O)CCN(c1cc(Cl)ccc1Cl)S(C)(=O)=O. The molecule has 0 fully saturated rings. The van der Waals surface area contributed by atoms with E-state index in [9.17, 15) is 13.2 Å². The molecule has 1 aromatic carbocycles. The third kappa shape index (κ3) is 7.25. The van der Waals surface area contributed by atoms with E-state index >= 15 is 0 Å². The molecule has 0 saturated carbocycles. The summed E-state index contributed by atoms with van der Waals surface area (Å²) in [7, 11) is 0.332. The summed E-state index contributed by atoms with van der Waals surface area (Å²) >= 11 is 12.0. The third-order valence-corrected chi connectivity index (χ3v) is 4.96. The minimum Gasteiger partial charge on any atom is -0.356 e. The fourth-order valence-electron chi connectivity index (χ4n) is 2.06. The summed E-state index contributed by atoms with van der Waals surface area (Å²) in [6, 6.07) is 4.57. The van der Waals surface area contributed by atoms with Crippen molar-refractivity contribution in [1.29, 1.82) is 0 Å². The lowest BCUT2D eigenvalue weighted by molar-refractivity contribution is -0.120. The van der Waals surface area contributed by atoms with Crippen LogP contribution in [-0.2, 0) is 14.8 Å². The molecule has 1 amide bonds. The average molecular weight is 396 g/mol. The van der Waals surface area contributed by atoms with E-state index in [2.05, 4.69) is 5.32 Å². The minimum atomic E-state index is -3.59. The Hall–Kier alpha value is -1.02. The molecule has 9 heteroatoms. The Morgan fingerprint density at radius 2 is 1.88 bits per heavy atom. The quantitative estimate of drug-likeness (QED) is 0.650. The number of carbonyl (C=O) groups is 1. The van der Waals surface area contributed by atoms with Gasteiger partial charge in [0.25, 0.3) is 0 Å². The van der Waals surface area contributed by atoms with Gasteiger partial charge in [-0.2, -0.15) is 0 Å². The molecule has 0 aliphatic rings. The van der Waals surface area contributed by atoms with Crippen LogP contribution in [0.2, 0.25) is 10.0 Å². The molecule has 0 radical (unpaired) electrons. The summed E-state index contributed by atoms with van der Waals surface area (Å²) in [6.45, 7) is 1.42. The van der Waals surface area contributed by atoms with Crippen molar-refractivity contribution in [1.82, 2.24) is 10.2 Å². The van der Waals surface area contributed by atoms with Crippen molar-refractivity contribution >= 4 is 44.8 Å². The maximum absolute atomic E-state index is 12.0. The molecular formula is C15H23Cl2N3O3S. The lowest BCUT2D eigenvalue weighted by atomic mass is 10.3. The first-order valence-corrected chi connectivity index (χ1v) is 10.1. The zero-order chi connectivity index (χ0) is 18.3. The van der Waals surface area contributed by atoms with Crippen LogP contribution in [0.1, 0.15) is 12.8 Å². The number of hydrogen-bond donors (Lipinski definition) is 1. The smallest absolute Gasteiger partial charge is 0.232 e. The zero-order valence-corrected chi connectivity index (χ0v) is 16.4. The number of nitrogens with one attached hydrogen (secondary N) is 1. The summed E-state index contributed by atoms with van der Waals surface area (Å²) in [5.41, 5.74) is 0.270. The van der Waals surface area contributed by atoms with Gasteiger partial charge in [-0.05, 0) is 45.3 Å². The zero-order valence-electron chi connectivity index (χ0n) is 14.1. The van der Waals surface area contributed by atoms with Gasteiger partial charge in [-0.3, -0.25) is 9.10 Å². The molecule has 6 nitrogen and oxygen atoms in total. The highest BCUT2D eigenvalue weighted by Gasteiger charge is 2.21. The number of nitrogens with zero attached hydrogens (tertiary/aromatic N) is 2. The molecule has 1 N–H and O–H groups in total. The summed E-state index contributed by atoms with van der Waals surface area (Å²) in [6.07, 6.45) is 1.94. The van der Waals surface area contributed by atoms with Gasteiger partial charge in [0, 0.05) is 24.5 Å². The Balaban J connectivity index is 2.69. The van der Waals surface area contributed by atoms with Crippen LogP contribution in [0, 0.1) is 0 Å². The Bertz CT molecular complexity index is 666. The first kappa shape index (κ1) is 21.0. The molecular weight excluding hydrogens is 373 g/mol. The van der Waals surface area contributed by atoms with Crippen molar-refractivity contribution in [3.8, 4) is 0 Å². The van der Waals surface area contributed by atoms with Crippen LogP contribution in [0.25, 0.3) is 0 Å². The van der Waals surface area contributed by atoms with Crippen molar-refractivity contribution in [2.24, 2.45) is 0 Å². The summed E-state index contributed by atoms with van der Waals surface area (Å²) in [5, 5.41) is 3.41. The van der Waals surface area contributed by atoms with Crippen LogP contribution in [0.15, 0.2) is 18.2 Å². The van der Waals surface area contributed by atoms with Crippen molar-refractivity contribution in [3.05, 3.63) is 28.2 Å². The van der Waals surface area contributed by atoms with Gasteiger partial charge in [-0.15, -0.1) is 0 Å². The van der Waals surface area contributed by atoms with E-state index in [-0.39, 0.29) is 29.6 Å². The van der Waals surface area contributed by atoms with Crippen LogP contribution in [-0.4, -0.2) is 59.2 Å². The van der Waals surface area contributed by atoms with Gasteiger partial charge in [0.1, 0.15) is 0 Å². The highest BCUT2D eigenvalue weighted by Crippen LogP contribution is 2.30. The Morgan fingerprint density at radius 3 is 2.46 bits per heavy atom. The van der Waals surface area contributed by atoms with Gasteiger partial charge in [0.2, 0.25) is 15.9 Å². The number of benzene rings is 1. The summed E-state index contributed by atoms with van der Waals surface area (Å²) < 4.78 is 25.2. The largest absolute Gasteiger partial charge is 0.356 e. The second kappa shape index (κ2) is 9.46. The van der Waals surface area contributed by atoms with Gasteiger partial charge in [-0.1, -0.05) is 23.2 Å². The standard InChI is InChI=1S/C15H23Cl2N3O3S/c1-19(2)9-4-8-18-15(21)7-10-20(24(3,22)23)14-11-12(16)5-6-13(14)17/h5-6,11H,4,7-10H2,1-3H3,(H,18,21). The number of carbonyl (C=O) groups excluding carboxylic acids is 1. The molecule has 24 heavy (non-hydrogen) atoms. The van der Waals surface area contributed by atoms with E-state index in [0.717, 1.165) is 23.5 Å². The molecule has 1 rings (SSSR count). The maximum atomic E-state index is 12.0. The molecule has 0 aliphatic heterocycles. The highest BCUT2D eigenvalue weighted by molar-refractivity contribution is 7.92. The van der Waals surface area contributed by atoms with E-state index in [4.69, 9.17) is 23.2 Å². The molecule has 0 bridgehead atoms. The molecule has 0 unspecified atom stereocenters. The minimum absolute atomic E-state index is 0.00158. The third-order valence-electron chi connectivity index (χ3n) is 3.22. The molecule has 1 aromatic rings. The number of rotatable bonds is 9. The fourth-order valence-corrected chi connectivity index (χ4v) is 3.42. The van der Waals surface area contributed by atoms with Crippen molar-refractivity contribution < 1.29 is 13.2 Å². The maximum Gasteiger partial charge on any atom is 0.232 e. The molecule has 0 aliphatic carbocycles. The lowest BCUT2D eigenvalue weighted by Crippen LogP contribution is -2.35. The molecule has 0 aromatic heterocycles. The van der Waals surface area contributed by atoms with Crippen LogP contribution in [0.4, 0.5) is 5.69 Å². The van der Waals surface area contributed by atoms with Crippen LogP contribution >= 0.6 is 23.2 Å². The number of halogens is 2. The van der Waals surface area contributed by atoms with Gasteiger partial charge in [0.05, 0.1) is 17.0 Å². The fraction of sp³-hybridized carbons (Fsp3) is 0.533. The van der Waals surface area contributed by atoms with Crippen molar-refractivity contribution in [2.45, 2.75) is 12.8 Å². The van der Waals surface area contributed by atoms with Crippen molar-refractivity contribution in [3.63, 3.8) is 0 Å². The predicted octanol–water partition coefficient (Wildman–Crippen LogP) is 2.22. The topological polar surface area (TPSA) is 69.7 Å². The van der Waals surface area contributed by atoms with Crippen LogP contribution in [0.5, 0.6) is 0 Å². The number of anilines is 1. The van der Waals surface area contributed by atoms with E-state index in [1.165, 1.54) is 12.1 Å². The van der Waals surface area contributed by atoms with E-state index in [0.29, 0.717) is 11.6 Å². The van der Waals surface area contributed by atoms with Crippen molar-refractivity contribution in [2.75, 3.05) is 44.3 Å². The number of hydrogen-bond acceptors (Lipinski definition) is 4. The Morgan fingerprint density at radius 1 is 1.21 bits per heavy atom. The van der Waals surface area contributed by atoms with E-state index < -0.39 is 10.0 Å². The van der Waals surface area contributed by atoms with Gasteiger partial charge in [-0.25, -0.2) is 8.42 Å². The second-order valence-corrected chi connectivity index (χ2v) is 8.44. The monoisotopic (exact) mass is 395 g/mol. The summed E-state index contributed by atoms with van der Waals surface area (Å²) in [4.78, 5) is 13.9. The first-order valence-electron chi connectivity index (χ1n) is 7.45. The molecule has 0 saturated heterocycles. The summed E-state index contributed by atoms with van der Waals surface area (Å²) in [5.74, 6) is -0.208. The van der Waals surface area contributed by atoms with Crippen LogP contribution < -0.4 is 9.62 Å². The first-order chi connectivity index (χ1) is 11.1. The predicted molar refractivity (Wildman–Crippen MR) is 99.4 cm³/mol. The van der Waals surface area contributed by atoms with E-state index in [1.807, 2.05) is 19.0 Å². The molecule has 0 atom stereocenters. The lowest BCUT2D eigenvalue weighted by Gasteiger charge is -2.23. The highest BCUT2D eigenvalue weighted by atomic mass is 35.5. The van der Waals surface area contributed by atoms with Gasteiger partial charge in [0.15, 0.2) is 0 Å². The number of sulfonamides is 1. The van der Waals surface area contributed by atoms with Crippen LogP contribution in [0.3, 0.4) is 0 Å². The van der Waals surface area contributed by atoms with E-state index in [1.54, 1.807) is 6.07 Å². The average Bonchev–Trinajstić information content (AvgIpc) is 2.45. The number of amides is 1. The normalized spacial score (nSPS) is 11.6.